The predicted molar refractivity (Wildman–Crippen MR) is 74.9 cm³/mol. The van der Waals surface area contributed by atoms with Crippen LogP contribution in [0.4, 0.5) is 0 Å². The maximum atomic E-state index is 4.49. The highest BCUT2D eigenvalue weighted by atomic mass is 15.1. The Morgan fingerprint density at radius 2 is 2.16 bits per heavy atom. The Labute approximate surface area is 111 Å². The van der Waals surface area contributed by atoms with E-state index in [0.717, 1.165) is 35.1 Å². The van der Waals surface area contributed by atoms with Crippen molar-refractivity contribution >= 4 is 11.0 Å². The molecule has 0 saturated heterocycles. The Morgan fingerprint density at radius 3 is 3.05 bits per heavy atom. The third-order valence-electron chi connectivity index (χ3n) is 3.94. The highest BCUT2D eigenvalue weighted by Crippen LogP contribution is 2.39. The van der Waals surface area contributed by atoms with Crippen molar-refractivity contribution in [3.8, 4) is 11.3 Å². The number of nitrogens with zero attached hydrogens (tertiary/aromatic N) is 2. The van der Waals surface area contributed by atoms with E-state index in [9.17, 15) is 0 Å². The van der Waals surface area contributed by atoms with Crippen LogP contribution in [0.2, 0.25) is 0 Å². The summed E-state index contributed by atoms with van der Waals surface area (Å²) in [5.41, 5.74) is 6.08. The summed E-state index contributed by atoms with van der Waals surface area (Å²) in [6, 6.07) is 4.20. The normalized spacial score (nSPS) is 16.9. The van der Waals surface area contributed by atoms with E-state index in [1.165, 1.54) is 11.3 Å². The molecule has 0 aliphatic heterocycles. The molecule has 4 nitrogen and oxygen atoms in total. The number of hydrogen-bond donors (Lipinski definition) is 2. The topological polar surface area (TPSA) is 57.4 Å². The van der Waals surface area contributed by atoms with E-state index >= 15 is 0 Å². The third-order valence-corrected chi connectivity index (χ3v) is 3.94. The molecule has 3 heterocycles. The number of pyridine rings is 1. The Bertz CT molecular complexity index is 763. The van der Waals surface area contributed by atoms with Crippen LogP contribution in [0.5, 0.6) is 0 Å². The lowest BCUT2D eigenvalue weighted by molar-refractivity contribution is 0.388. The van der Waals surface area contributed by atoms with Gasteiger partial charge < -0.3 is 4.98 Å². The van der Waals surface area contributed by atoms with Crippen LogP contribution in [-0.4, -0.2) is 20.2 Å². The van der Waals surface area contributed by atoms with Crippen molar-refractivity contribution in [3.05, 3.63) is 35.8 Å². The second kappa shape index (κ2) is 3.47. The van der Waals surface area contributed by atoms with Crippen LogP contribution >= 0.6 is 0 Å². The van der Waals surface area contributed by atoms with Gasteiger partial charge in [0.25, 0.3) is 0 Å². The van der Waals surface area contributed by atoms with Crippen molar-refractivity contribution in [3.63, 3.8) is 0 Å². The molecular formula is C15H16N4. The largest absolute Gasteiger partial charge is 0.346 e. The zero-order valence-electron chi connectivity index (χ0n) is 11.1. The fraction of sp³-hybridized carbons (Fsp3) is 0.333. The molecule has 2 N–H and O–H groups in total. The van der Waals surface area contributed by atoms with Crippen LogP contribution in [0.25, 0.3) is 22.3 Å². The zero-order chi connectivity index (χ0) is 13.0. The molecule has 0 spiro atoms. The monoisotopic (exact) mass is 252 g/mol. The molecule has 0 aromatic carbocycles. The van der Waals surface area contributed by atoms with Crippen LogP contribution < -0.4 is 0 Å². The molecule has 0 atom stereocenters. The molecule has 0 fully saturated rings. The van der Waals surface area contributed by atoms with Gasteiger partial charge in [-0.1, -0.05) is 13.8 Å². The fourth-order valence-corrected chi connectivity index (χ4v) is 3.07. The maximum Gasteiger partial charge on any atom is 0.137 e. The van der Waals surface area contributed by atoms with E-state index in [-0.39, 0.29) is 0 Å². The maximum absolute atomic E-state index is 4.49. The predicted octanol–water partition coefficient (Wildman–Crippen LogP) is 3.08. The first-order valence-electron chi connectivity index (χ1n) is 6.62. The molecule has 3 aromatic rings. The molecule has 0 bridgehead atoms. The molecule has 0 unspecified atom stereocenters. The van der Waals surface area contributed by atoms with E-state index in [0.29, 0.717) is 5.41 Å². The molecule has 4 heteroatoms. The molecule has 4 rings (SSSR count). The van der Waals surface area contributed by atoms with Gasteiger partial charge in [0.15, 0.2) is 0 Å². The summed E-state index contributed by atoms with van der Waals surface area (Å²) in [4.78, 5) is 7.57. The number of aromatic nitrogens is 4. The van der Waals surface area contributed by atoms with Gasteiger partial charge in [-0.2, -0.15) is 5.10 Å². The molecule has 0 amide bonds. The first kappa shape index (κ1) is 10.8. The summed E-state index contributed by atoms with van der Waals surface area (Å²) in [6.45, 7) is 4.61. The van der Waals surface area contributed by atoms with Gasteiger partial charge in [0.1, 0.15) is 5.65 Å². The third kappa shape index (κ3) is 1.59. The number of rotatable bonds is 1. The Balaban J connectivity index is 1.85. The van der Waals surface area contributed by atoms with Gasteiger partial charge in [-0.15, -0.1) is 0 Å². The molecule has 0 radical (unpaired) electrons. The summed E-state index contributed by atoms with van der Waals surface area (Å²) in [6.07, 6.45) is 5.98. The minimum atomic E-state index is 0.338. The highest BCUT2D eigenvalue weighted by molar-refractivity contribution is 5.81. The van der Waals surface area contributed by atoms with Crippen molar-refractivity contribution in [2.45, 2.75) is 26.7 Å². The molecule has 1 aliphatic carbocycles. The number of hydrogen-bond acceptors (Lipinski definition) is 2. The van der Waals surface area contributed by atoms with Gasteiger partial charge in [0, 0.05) is 34.6 Å². The first-order chi connectivity index (χ1) is 9.12. The van der Waals surface area contributed by atoms with E-state index in [2.05, 4.69) is 40.1 Å². The van der Waals surface area contributed by atoms with E-state index in [1.54, 1.807) is 0 Å². The van der Waals surface area contributed by atoms with Crippen LogP contribution in [-0.2, 0) is 12.8 Å². The van der Waals surface area contributed by atoms with Crippen molar-refractivity contribution in [2.75, 3.05) is 0 Å². The summed E-state index contributed by atoms with van der Waals surface area (Å²) in [5, 5.41) is 8.82. The lowest BCUT2D eigenvalue weighted by Gasteiger charge is -2.15. The number of nitrogens with one attached hydrogen (secondary N) is 2. The first-order valence-corrected chi connectivity index (χ1v) is 6.62. The van der Waals surface area contributed by atoms with Crippen molar-refractivity contribution < 1.29 is 0 Å². The second-order valence-corrected chi connectivity index (χ2v) is 6.19. The smallest absolute Gasteiger partial charge is 0.137 e. The number of fused-ring (bicyclic) bond motifs is 2. The average Bonchev–Trinajstić information content (AvgIpc) is 3.00. The van der Waals surface area contributed by atoms with Crippen molar-refractivity contribution in [1.29, 1.82) is 0 Å². The van der Waals surface area contributed by atoms with Gasteiger partial charge in [0.05, 0.1) is 5.69 Å². The lowest BCUT2D eigenvalue weighted by atomic mass is 9.90. The highest BCUT2D eigenvalue weighted by Gasteiger charge is 2.32. The summed E-state index contributed by atoms with van der Waals surface area (Å²) < 4.78 is 0. The van der Waals surface area contributed by atoms with Crippen LogP contribution in [0.15, 0.2) is 24.5 Å². The zero-order valence-corrected chi connectivity index (χ0v) is 11.1. The Kier molecular flexibility index (Phi) is 1.97. The van der Waals surface area contributed by atoms with E-state index in [1.807, 2.05) is 18.5 Å². The SMILES string of the molecule is CC1(C)Cc2[nH]nc(-c3cnc4[nH]ccc4c3)c2C1. The minimum absolute atomic E-state index is 0.338. The average molecular weight is 252 g/mol. The molecule has 1 aliphatic rings. The van der Waals surface area contributed by atoms with Crippen LogP contribution in [0.3, 0.4) is 0 Å². The second-order valence-electron chi connectivity index (χ2n) is 6.19. The minimum Gasteiger partial charge on any atom is -0.346 e. The van der Waals surface area contributed by atoms with Gasteiger partial charge in [-0.25, -0.2) is 4.98 Å². The summed E-state index contributed by atoms with van der Waals surface area (Å²) in [7, 11) is 0. The quantitative estimate of drug-likeness (QED) is 0.699. The molecular weight excluding hydrogens is 236 g/mol. The molecule has 96 valence electrons. The van der Waals surface area contributed by atoms with Gasteiger partial charge in [-0.3, -0.25) is 5.10 Å². The number of aromatic amines is 2. The summed E-state index contributed by atoms with van der Waals surface area (Å²) in [5.74, 6) is 0. The van der Waals surface area contributed by atoms with Crippen LogP contribution in [0.1, 0.15) is 25.1 Å². The lowest BCUT2D eigenvalue weighted by Crippen LogP contribution is -2.11. The van der Waals surface area contributed by atoms with Crippen LogP contribution in [0, 0.1) is 5.41 Å². The standard InChI is InChI=1S/C15H16N4/c1-15(2)6-11-12(7-15)18-19-13(11)10-5-9-3-4-16-14(9)17-8-10/h3-5,8H,6-7H2,1-2H3,(H,16,17)(H,18,19). The Morgan fingerprint density at radius 1 is 1.26 bits per heavy atom. The Hall–Kier alpha value is -2.10. The molecule has 3 aromatic heterocycles. The summed E-state index contributed by atoms with van der Waals surface area (Å²) >= 11 is 0. The molecule has 19 heavy (non-hydrogen) atoms. The van der Waals surface area contributed by atoms with Gasteiger partial charge >= 0.3 is 0 Å². The van der Waals surface area contributed by atoms with Gasteiger partial charge in [0.2, 0.25) is 0 Å². The van der Waals surface area contributed by atoms with E-state index < -0.39 is 0 Å². The van der Waals surface area contributed by atoms with Gasteiger partial charge in [-0.05, 0) is 30.4 Å². The number of H-pyrrole nitrogens is 2. The van der Waals surface area contributed by atoms with Crippen molar-refractivity contribution in [2.24, 2.45) is 5.41 Å². The van der Waals surface area contributed by atoms with Crippen molar-refractivity contribution in [1.82, 2.24) is 20.2 Å². The van der Waals surface area contributed by atoms with E-state index in [4.69, 9.17) is 0 Å². The fourth-order valence-electron chi connectivity index (χ4n) is 3.07. The molecule has 0 saturated carbocycles.